The summed E-state index contributed by atoms with van der Waals surface area (Å²) in [6.07, 6.45) is 1.19. The van der Waals surface area contributed by atoms with Crippen molar-refractivity contribution in [1.29, 1.82) is 0 Å². The van der Waals surface area contributed by atoms with Crippen molar-refractivity contribution >= 4 is 15.5 Å². The Balaban J connectivity index is 2.83. The second kappa shape index (κ2) is 7.75. The molecule has 1 aromatic carbocycles. The van der Waals surface area contributed by atoms with Crippen LogP contribution in [0.3, 0.4) is 0 Å². The zero-order valence-corrected chi connectivity index (χ0v) is 14.0. The molecular weight excluding hydrogens is 291 g/mol. The van der Waals surface area contributed by atoms with E-state index in [0.29, 0.717) is 18.2 Å². The minimum Gasteiger partial charge on any atom is -0.371 e. The molecule has 0 saturated heterocycles. The van der Waals surface area contributed by atoms with Gasteiger partial charge in [0.15, 0.2) is 0 Å². The van der Waals surface area contributed by atoms with Crippen molar-refractivity contribution in [2.24, 2.45) is 5.92 Å². The molecule has 1 N–H and O–H groups in total. The van der Waals surface area contributed by atoms with E-state index in [2.05, 4.69) is 19.2 Å². The van der Waals surface area contributed by atoms with Gasteiger partial charge in [0.1, 0.15) is 15.7 Å². The summed E-state index contributed by atoms with van der Waals surface area (Å²) in [5.74, 6) is 0.205. The Morgan fingerprint density at radius 2 is 2.00 bits per heavy atom. The predicted octanol–water partition coefficient (Wildman–Crippen LogP) is 2.05. The summed E-state index contributed by atoms with van der Waals surface area (Å²) in [5.41, 5.74) is 1.31. The highest BCUT2D eigenvalue weighted by atomic mass is 32.2. The lowest BCUT2D eigenvalue weighted by molar-refractivity contribution is 0.549. The van der Waals surface area contributed by atoms with E-state index in [9.17, 15) is 12.8 Å². The Labute approximate surface area is 127 Å². The average Bonchev–Trinajstić information content (AvgIpc) is 2.35. The fourth-order valence-electron chi connectivity index (χ4n) is 2.04. The zero-order valence-electron chi connectivity index (χ0n) is 13.2. The number of nitrogens with zero attached hydrogens (tertiary/aromatic N) is 1. The third kappa shape index (κ3) is 6.44. The molecule has 0 atom stereocenters. The van der Waals surface area contributed by atoms with E-state index in [-0.39, 0.29) is 18.1 Å². The summed E-state index contributed by atoms with van der Waals surface area (Å²) in [4.78, 5) is 1.67. The minimum atomic E-state index is -3.06. The van der Waals surface area contributed by atoms with Crippen LogP contribution in [-0.4, -0.2) is 40.6 Å². The first-order chi connectivity index (χ1) is 9.70. The molecule has 0 aliphatic carbocycles. The molecule has 0 spiro atoms. The van der Waals surface area contributed by atoms with Gasteiger partial charge in [0.2, 0.25) is 0 Å². The van der Waals surface area contributed by atoms with Crippen LogP contribution in [0.4, 0.5) is 10.1 Å². The quantitative estimate of drug-likeness (QED) is 0.797. The molecule has 0 aliphatic heterocycles. The maximum absolute atomic E-state index is 14.1. The van der Waals surface area contributed by atoms with Gasteiger partial charge in [0, 0.05) is 26.4 Å². The SMILES string of the molecule is CC(C)CNCc1cccc(F)c1N(C)CCS(C)(=O)=O. The molecule has 0 fully saturated rings. The van der Waals surface area contributed by atoms with Gasteiger partial charge in [-0.1, -0.05) is 26.0 Å². The summed E-state index contributed by atoms with van der Waals surface area (Å²) in [7, 11) is -1.34. The molecule has 0 saturated carbocycles. The summed E-state index contributed by atoms with van der Waals surface area (Å²) < 4.78 is 36.6. The van der Waals surface area contributed by atoms with E-state index in [4.69, 9.17) is 0 Å². The lowest BCUT2D eigenvalue weighted by atomic mass is 10.1. The van der Waals surface area contributed by atoms with E-state index in [0.717, 1.165) is 12.1 Å². The lowest BCUT2D eigenvalue weighted by Crippen LogP contribution is -2.28. The van der Waals surface area contributed by atoms with Crippen molar-refractivity contribution < 1.29 is 12.8 Å². The topological polar surface area (TPSA) is 49.4 Å². The molecule has 120 valence electrons. The summed E-state index contributed by atoms with van der Waals surface area (Å²) in [6.45, 7) is 5.91. The Morgan fingerprint density at radius 3 is 2.57 bits per heavy atom. The average molecular weight is 316 g/mol. The Kier molecular flexibility index (Phi) is 6.61. The van der Waals surface area contributed by atoms with Crippen LogP contribution >= 0.6 is 0 Å². The fraction of sp³-hybridized carbons (Fsp3) is 0.600. The van der Waals surface area contributed by atoms with Crippen molar-refractivity contribution in [3.05, 3.63) is 29.6 Å². The number of para-hydroxylation sites is 1. The molecule has 6 heteroatoms. The number of anilines is 1. The van der Waals surface area contributed by atoms with E-state index in [1.54, 1.807) is 18.0 Å². The summed E-state index contributed by atoms with van der Waals surface area (Å²) >= 11 is 0. The van der Waals surface area contributed by atoms with Crippen LogP contribution in [0.1, 0.15) is 19.4 Å². The van der Waals surface area contributed by atoms with Gasteiger partial charge < -0.3 is 10.2 Å². The molecule has 1 aromatic rings. The van der Waals surface area contributed by atoms with Crippen LogP contribution < -0.4 is 10.2 Å². The van der Waals surface area contributed by atoms with Crippen LogP contribution in [0.2, 0.25) is 0 Å². The first kappa shape index (κ1) is 17.9. The number of halogens is 1. The van der Waals surface area contributed by atoms with Gasteiger partial charge in [-0.2, -0.15) is 0 Å². The normalized spacial score (nSPS) is 11.9. The van der Waals surface area contributed by atoms with Crippen molar-refractivity contribution in [3.8, 4) is 0 Å². The lowest BCUT2D eigenvalue weighted by Gasteiger charge is -2.23. The van der Waals surface area contributed by atoms with Crippen LogP contribution in [0.25, 0.3) is 0 Å². The van der Waals surface area contributed by atoms with Crippen LogP contribution in [-0.2, 0) is 16.4 Å². The van der Waals surface area contributed by atoms with Crippen molar-refractivity contribution in [2.75, 3.05) is 37.0 Å². The third-order valence-corrected chi connectivity index (χ3v) is 4.04. The highest BCUT2D eigenvalue weighted by Crippen LogP contribution is 2.23. The number of sulfone groups is 1. The number of hydrogen-bond donors (Lipinski definition) is 1. The second-order valence-electron chi connectivity index (χ2n) is 5.82. The largest absolute Gasteiger partial charge is 0.371 e. The van der Waals surface area contributed by atoms with Gasteiger partial charge >= 0.3 is 0 Å². The highest BCUT2D eigenvalue weighted by Gasteiger charge is 2.14. The second-order valence-corrected chi connectivity index (χ2v) is 8.08. The molecule has 0 amide bonds. The van der Waals surface area contributed by atoms with Gasteiger partial charge in [0.05, 0.1) is 11.4 Å². The first-order valence-corrected chi connectivity index (χ1v) is 9.13. The Hall–Kier alpha value is -1.14. The molecule has 0 radical (unpaired) electrons. The first-order valence-electron chi connectivity index (χ1n) is 7.07. The molecule has 1 rings (SSSR count). The van der Waals surface area contributed by atoms with E-state index < -0.39 is 9.84 Å². The third-order valence-electron chi connectivity index (χ3n) is 3.12. The molecule has 0 heterocycles. The maximum Gasteiger partial charge on any atom is 0.149 e. The van der Waals surface area contributed by atoms with Crippen LogP contribution in [0.5, 0.6) is 0 Å². The van der Waals surface area contributed by atoms with Gasteiger partial charge in [-0.3, -0.25) is 0 Å². The fourth-order valence-corrected chi connectivity index (χ4v) is 2.65. The molecule has 0 aromatic heterocycles. The molecule has 0 aliphatic rings. The smallest absolute Gasteiger partial charge is 0.149 e. The maximum atomic E-state index is 14.1. The molecular formula is C15H25FN2O2S. The number of nitrogens with one attached hydrogen (secondary N) is 1. The van der Waals surface area contributed by atoms with Gasteiger partial charge in [-0.25, -0.2) is 12.8 Å². The minimum absolute atomic E-state index is 0.0106. The van der Waals surface area contributed by atoms with Crippen LogP contribution in [0.15, 0.2) is 18.2 Å². The zero-order chi connectivity index (χ0) is 16.0. The number of benzene rings is 1. The molecule has 0 unspecified atom stereocenters. The Bertz CT molecular complexity index is 559. The Morgan fingerprint density at radius 1 is 1.33 bits per heavy atom. The standard InChI is InChI=1S/C15H25FN2O2S/c1-12(2)10-17-11-13-6-5-7-14(16)15(13)18(3)8-9-21(4,19)20/h5-7,12,17H,8-11H2,1-4H3. The van der Waals surface area contributed by atoms with Crippen molar-refractivity contribution in [3.63, 3.8) is 0 Å². The molecule has 0 bridgehead atoms. The molecule has 21 heavy (non-hydrogen) atoms. The number of rotatable bonds is 8. The monoisotopic (exact) mass is 316 g/mol. The van der Waals surface area contributed by atoms with E-state index in [1.165, 1.54) is 12.3 Å². The van der Waals surface area contributed by atoms with Crippen molar-refractivity contribution in [1.82, 2.24) is 5.32 Å². The van der Waals surface area contributed by atoms with E-state index in [1.807, 2.05) is 6.07 Å². The molecule has 4 nitrogen and oxygen atoms in total. The number of hydrogen-bond acceptors (Lipinski definition) is 4. The summed E-state index contributed by atoms with van der Waals surface area (Å²) in [6, 6.07) is 4.94. The van der Waals surface area contributed by atoms with Gasteiger partial charge in [-0.15, -0.1) is 0 Å². The van der Waals surface area contributed by atoms with Crippen molar-refractivity contribution in [2.45, 2.75) is 20.4 Å². The highest BCUT2D eigenvalue weighted by molar-refractivity contribution is 7.90. The van der Waals surface area contributed by atoms with Gasteiger partial charge in [0.25, 0.3) is 0 Å². The van der Waals surface area contributed by atoms with Crippen LogP contribution in [0, 0.1) is 11.7 Å². The van der Waals surface area contributed by atoms with Gasteiger partial charge in [-0.05, 0) is 24.1 Å². The summed E-state index contributed by atoms with van der Waals surface area (Å²) in [5, 5.41) is 3.28. The predicted molar refractivity (Wildman–Crippen MR) is 85.9 cm³/mol. The van der Waals surface area contributed by atoms with E-state index >= 15 is 0 Å².